The first kappa shape index (κ1) is 16.7. The lowest BCUT2D eigenvalue weighted by atomic mass is 9.84. The molecule has 2 atom stereocenters. The van der Waals surface area contributed by atoms with Crippen molar-refractivity contribution in [2.24, 2.45) is 5.92 Å². The van der Waals surface area contributed by atoms with E-state index < -0.39 is 5.97 Å². The number of aromatic carboxylic acids is 1. The van der Waals surface area contributed by atoms with Crippen molar-refractivity contribution in [3.05, 3.63) is 41.5 Å². The zero-order valence-electron chi connectivity index (χ0n) is 14.0. The van der Waals surface area contributed by atoms with E-state index in [0.717, 1.165) is 25.1 Å². The third kappa shape index (κ3) is 3.67. The number of benzene rings is 1. The molecule has 2 aliphatic heterocycles. The quantitative estimate of drug-likeness (QED) is 0.865. The molecule has 1 aromatic carbocycles. The fourth-order valence-electron chi connectivity index (χ4n) is 3.86. The minimum Gasteiger partial charge on any atom is -0.478 e. The van der Waals surface area contributed by atoms with E-state index in [1.807, 2.05) is 4.90 Å². The number of carboxylic acids is 1. The summed E-state index contributed by atoms with van der Waals surface area (Å²) < 4.78 is 0. The molecular formula is C19H24N2O3. The van der Waals surface area contributed by atoms with Crippen LogP contribution in [0.15, 0.2) is 30.3 Å². The maximum atomic E-state index is 12.4. The molecule has 2 aliphatic rings. The number of fused-ring (bicyclic) bond motifs is 1. The van der Waals surface area contributed by atoms with Crippen molar-refractivity contribution >= 4 is 18.0 Å². The van der Waals surface area contributed by atoms with Gasteiger partial charge in [-0.2, -0.15) is 0 Å². The van der Waals surface area contributed by atoms with Crippen LogP contribution in [0.25, 0.3) is 6.08 Å². The van der Waals surface area contributed by atoms with E-state index in [2.05, 4.69) is 11.9 Å². The lowest BCUT2D eigenvalue weighted by molar-refractivity contribution is -0.129. The van der Waals surface area contributed by atoms with E-state index in [4.69, 9.17) is 5.11 Å². The van der Waals surface area contributed by atoms with Crippen LogP contribution in [0, 0.1) is 5.92 Å². The van der Waals surface area contributed by atoms with E-state index in [-0.39, 0.29) is 11.5 Å². The third-order valence-electron chi connectivity index (χ3n) is 5.23. The molecule has 1 amide bonds. The molecule has 0 bridgehead atoms. The molecule has 0 spiro atoms. The maximum Gasteiger partial charge on any atom is 0.335 e. The van der Waals surface area contributed by atoms with Crippen LogP contribution in [0.4, 0.5) is 0 Å². The van der Waals surface area contributed by atoms with Crippen molar-refractivity contribution in [3.63, 3.8) is 0 Å². The Bertz CT molecular complexity index is 639. The van der Waals surface area contributed by atoms with Gasteiger partial charge in [0, 0.05) is 25.2 Å². The molecule has 5 nitrogen and oxygen atoms in total. The monoisotopic (exact) mass is 328 g/mol. The number of amides is 1. The van der Waals surface area contributed by atoms with Crippen LogP contribution >= 0.6 is 0 Å². The number of rotatable bonds is 3. The highest BCUT2D eigenvalue weighted by Crippen LogP contribution is 2.29. The van der Waals surface area contributed by atoms with Gasteiger partial charge in [-0.05, 0) is 62.5 Å². The first-order valence-corrected chi connectivity index (χ1v) is 8.55. The molecule has 0 aromatic heterocycles. The molecule has 2 heterocycles. The number of nitrogens with zero attached hydrogens (tertiary/aromatic N) is 2. The Morgan fingerprint density at radius 1 is 1.17 bits per heavy atom. The first-order valence-electron chi connectivity index (χ1n) is 8.55. The first-order chi connectivity index (χ1) is 11.5. The zero-order chi connectivity index (χ0) is 17.1. The second kappa shape index (κ2) is 7.18. The average Bonchev–Trinajstić information content (AvgIpc) is 2.60. The maximum absolute atomic E-state index is 12.4. The molecule has 2 unspecified atom stereocenters. The van der Waals surface area contributed by atoms with Gasteiger partial charge in [0.15, 0.2) is 0 Å². The van der Waals surface area contributed by atoms with Gasteiger partial charge in [0.1, 0.15) is 0 Å². The van der Waals surface area contributed by atoms with Gasteiger partial charge in [0.05, 0.1) is 5.56 Å². The molecule has 2 fully saturated rings. The van der Waals surface area contributed by atoms with Gasteiger partial charge in [-0.25, -0.2) is 4.79 Å². The van der Waals surface area contributed by atoms with Gasteiger partial charge in [-0.3, -0.25) is 4.79 Å². The lowest BCUT2D eigenvalue weighted by Crippen LogP contribution is -2.53. The van der Waals surface area contributed by atoms with Crippen LogP contribution in [-0.2, 0) is 4.79 Å². The summed E-state index contributed by atoms with van der Waals surface area (Å²) in [5.74, 6) is -0.310. The molecule has 5 heteroatoms. The number of hydrogen-bond donors (Lipinski definition) is 1. The molecule has 2 saturated heterocycles. The van der Waals surface area contributed by atoms with Crippen molar-refractivity contribution in [1.82, 2.24) is 9.80 Å². The number of carbonyl (C=O) groups is 2. The fraction of sp³-hybridized carbons (Fsp3) is 0.474. The van der Waals surface area contributed by atoms with Gasteiger partial charge in [0.2, 0.25) is 5.91 Å². The number of piperidine rings is 2. The van der Waals surface area contributed by atoms with Crippen LogP contribution in [0.1, 0.15) is 35.2 Å². The Morgan fingerprint density at radius 3 is 2.62 bits per heavy atom. The van der Waals surface area contributed by atoms with Gasteiger partial charge < -0.3 is 14.9 Å². The lowest BCUT2D eigenvalue weighted by Gasteiger charge is -2.45. The summed E-state index contributed by atoms with van der Waals surface area (Å²) in [6, 6.07) is 7.16. The second-order valence-corrected chi connectivity index (χ2v) is 6.78. The number of hydrogen-bond acceptors (Lipinski definition) is 3. The Labute approximate surface area is 142 Å². The predicted molar refractivity (Wildman–Crippen MR) is 92.8 cm³/mol. The van der Waals surface area contributed by atoms with E-state index in [1.54, 1.807) is 36.4 Å². The number of carboxylic acid groups (broad SMARTS) is 1. The summed E-state index contributed by atoms with van der Waals surface area (Å²) in [5.41, 5.74) is 1.09. The standard InChI is InChI=1S/C19H24N2O3/c1-20-11-2-3-16-13-21(12-10-17(16)20)18(22)9-6-14-4-7-15(8-5-14)19(23)24/h4-9,16-17H,2-3,10-13H2,1H3,(H,23,24)/b9-6+. The van der Waals surface area contributed by atoms with Crippen molar-refractivity contribution in [2.45, 2.75) is 25.3 Å². The smallest absolute Gasteiger partial charge is 0.335 e. The van der Waals surface area contributed by atoms with E-state index in [1.165, 1.54) is 19.4 Å². The summed E-state index contributed by atoms with van der Waals surface area (Å²) in [4.78, 5) is 27.7. The molecule has 3 rings (SSSR count). The largest absolute Gasteiger partial charge is 0.478 e. The van der Waals surface area contributed by atoms with E-state index >= 15 is 0 Å². The number of likely N-dealkylation sites (tertiary alicyclic amines) is 2. The summed E-state index contributed by atoms with van der Waals surface area (Å²) in [6.45, 7) is 2.82. The van der Waals surface area contributed by atoms with Crippen LogP contribution in [0.2, 0.25) is 0 Å². The Balaban J connectivity index is 1.59. The van der Waals surface area contributed by atoms with Crippen molar-refractivity contribution in [1.29, 1.82) is 0 Å². The minimum absolute atomic E-state index is 0.0454. The fourth-order valence-corrected chi connectivity index (χ4v) is 3.86. The van der Waals surface area contributed by atoms with E-state index in [0.29, 0.717) is 12.0 Å². The second-order valence-electron chi connectivity index (χ2n) is 6.78. The van der Waals surface area contributed by atoms with Crippen LogP contribution < -0.4 is 0 Å². The molecule has 24 heavy (non-hydrogen) atoms. The molecule has 0 radical (unpaired) electrons. The van der Waals surface area contributed by atoms with Crippen molar-refractivity contribution < 1.29 is 14.7 Å². The van der Waals surface area contributed by atoms with Crippen molar-refractivity contribution in [2.75, 3.05) is 26.7 Å². The SMILES string of the molecule is CN1CCCC2CN(C(=O)/C=C/c3ccc(C(=O)O)cc3)CCC21. The topological polar surface area (TPSA) is 60.9 Å². The van der Waals surface area contributed by atoms with Gasteiger partial charge in [-0.1, -0.05) is 12.1 Å². The van der Waals surface area contributed by atoms with Gasteiger partial charge in [-0.15, -0.1) is 0 Å². The molecule has 0 aliphatic carbocycles. The summed E-state index contributed by atoms with van der Waals surface area (Å²) >= 11 is 0. The zero-order valence-corrected chi connectivity index (χ0v) is 14.0. The Hall–Kier alpha value is -2.14. The predicted octanol–water partition coefficient (Wildman–Crippen LogP) is 2.34. The molecular weight excluding hydrogens is 304 g/mol. The number of carbonyl (C=O) groups excluding carboxylic acids is 1. The highest BCUT2D eigenvalue weighted by atomic mass is 16.4. The Morgan fingerprint density at radius 2 is 1.92 bits per heavy atom. The average molecular weight is 328 g/mol. The summed E-state index contributed by atoms with van der Waals surface area (Å²) in [5, 5.41) is 8.90. The van der Waals surface area contributed by atoms with E-state index in [9.17, 15) is 9.59 Å². The summed E-state index contributed by atoms with van der Waals surface area (Å²) in [6.07, 6.45) is 6.83. The highest BCUT2D eigenvalue weighted by molar-refractivity contribution is 5.92. The third-order valence-corrected chi connectivity index (χ3v) is 5.23. The van der Waals surface area contributed by atoms with Gasteiger partial charge in [0.25, 0.3) is 0 Å². The molecule has 128 valence electrons. The molecule has 0 saturated carbocycles. The van der Waals surface area contributed by atoms with Gasteiger partial charge >= 0.3 is 5.97 Å². The highest BCUT2D eigenvalue weighted by Gasteiger charge is 2.35. The minimum atomic E-state index is -0.943. The molecule has 1 N–H and O–H groups in total. The van der Waals surface area contributed by atoms with Crippen LogP contribution in [0.5, 0.6) is 0 Å². The normalized spacial score (nSPS) is 24.8. The molecule has 1 aromatic rings. The summed E-state index contributed by atoms with van der Waals surface area (Å²) in [7, 11) is 2.19. The van der Waals surface area contributed by atoms with Crippen LogP contribution in [0.3, 0.4) is 0 Å². The Kier molecular flexibility index (Phi) is 5.00. The van der Waals surface area contributed by atoms with Crippen molar-refractivity contribution in [3.8, 4) is 0 Å². The van der Waals surface area contributed by atoms with Crippen LogP contribution in [-0.4, -0.2) is 59.5 Å².